The molecule has 1 unspecified atom stereocenters. The highest BCUT2D eigenvalue weighted by atomic mass is 127. The van der Waals surface area contributed by atoms with Crippen LogP contribution in [-0.4, -0.2) is 50.1 Å². The second kappa shape index (κ2) is 12.8. The fraction of sp³-hybridized carbons (Fsp3) is 0.632. The Morgan fingerprint density at radius 3 is 2.80 bits per heavy atom. The second-order valence-electron chi connectivity index (χ2n) is 6.39. The molecule has 1 heterocycles. The average molecular weight is 479 g/mol. The molecule has 142 valence electrons. The largest absolute Gasteiger partial charge is 0.357 e. The van der Waals surface area contributed by atoms with Crippen LogP contribution < -0.4 is 10.6 Å². The minimum atomic E-state index is 0. The number of nitrogens with one attached hydrogen (secondary N) is 2. The van der Waals surface area contributed by atoms with Gasteiger partial charge in [-0.05, 0) is 56.8 Å². The molecular weight excluding hydrogens is 447 g/mol. The number of guanidine groups is 1. The SMILES string of the molecule is CCNC(=NCC1CCCN(CC)C1)NCCc1ccccc1Cl.I. The van der Waals surface area contributed by atoms with E-state index in [-0.39, 0.29) is 24.0 Å². The van der Waals surface area contributed by atoms with E-state index in [1.54, 1.807) is 0 Å². The molecule has 2 N–H and O–H groups in total. The summed E-state index contributed by atoms with van der Waals surface area (Å²) in [7, 11) is 0. The molecule has 0 aliphatic carbocycles. The standard InChI is InChI=1S/C19H31ClN4.HI/c1-3-21-19(22-12-11-17-9-5-6-10-18(17)20)23-14-16-8-7-13-24(4-2)15-16;/h5-6,9-10,16H,3-4,7-8,11-15H2,1-2H3,(H2,21,22,23);1H. The van der Waals surface area contributed by atoms with Crippen LogP contribution in [0.25, 0.3) is 0 Å². The average Bonchev–Trinajstić information content (AvgIpc) is 2.61. The Balaban J connectivity index is 0.00000312. The summed E-state index contributed by atoms with van der Waals surface area (Å²) in [5.74, 6) is 1.59. The van der Waals surface area contributed by atoms with Gasteiger partial charge >= 0.3 is 0 Å². The molecule has 1 aromatic rings. The van der Waals surface area contributed by atoms with Crippen LogP contribution >= 0.6 is 35.6 Å². The molecule has 0 amide bonds. The van der Waals surface area contributed by atoms with Crippen molar-refractivity contribution in [3.05, 3.63) is 34.9 Å². The Labute approximate surface area is 174 Å². The first-order chi connectivity index (χ1) is 11.7. The van der Waals surface area contributed by atoms with Gasteiger partial charge in [-0.15, -0.1) is 24.0 Å². The number of hydrogen-bond donors (Lipinski definition) is 2. The highest BCUT2D eigenvalue weighted by Gasteiger charge is 2.18. The molecule has 25 heavy (non-hydrogen) atoms. The highest BCUT2D eigenvalue weighted by molar-refractivity contribution is 14.0. The molecule has 0 spiro atoms. The summed E-state index contributed by atoms with van der Waals surface area (Å²) in [6.07, 6.45) is 3.49. The topological polar surface area (TPSA) is 39.7 Å². The number of nitrogens with zero attached hydrogens (tertiary/aromatic N) is 2. The molecule has 0 radical (unpaired) electrons. The molecule has 2 rings (SSSR count). The van der Waals surface area contributed by atoms with Crippen molar-refractivity contribution in [1.29, 1.82) is 0 Å². The van der Waals surface area contributed by atoms with Gasteiger partial charge in [0.2, 0.25) is 0 Å². The van der Waals surface area contributed by atoms with Gasteiger partial charge in [-0.2, -0.15) is 0 Å². The molecule has 1 aliphatic rings. The third kappa shape index (κ3) is 8.13. The molecule has 0 bridgehead atoms. The van der Waals surface area contributed by atoms with Crippen LogP contribution in [0.3, 0.4) is 0 Å². The summed E-state index contributed by atoms with van der Waals surface area (Å²) in [4.78, 5) is 7.32. The normalized spacial score (nSPS) is 18.5. The molecule has 1 fully saturated rings. The van der Waals surface area contributed by atoms with Crippen molar-refractivity contribution in [2.45, 2.75) is 33.1 Å². The molecule has 1 saturated heterocycles. The molecule has 0 saturated carbocycles. The van der Waals surface area contributed by atoms with E-state index in [0.717, 1.165) is 43.6 Å². The van der Waals surface area contributed by atoms with E-state index in [1.807, 2.05) is 18.2 Å². The molecule has 1 aliphatic heterocycles. The van der Waals surface area contributed by atoms with Crippen molar-refractivity contribution >= 4 is 41.5 Å². The van der Waals surface area contributed by atoms with Gasteiger partial charge in [-0.25, -0.2) is 0 Å². The van der Waals surface area contributed by atoms with Gasteiger partial charge in [0.1, 0.15) is 0 Å². The minimum absolute atomic E-state index is 0. The van der Waals surface area contributed by atoms with Crippen LogP contribution in [0.15, 0.2) is 29.3 Å². The molecule has 0 aromatic heterocycles. The zero-order valence-corrected chi connectivity index (χ0v) is 18.5. The first kappa shape index (κ1) is 22.5. The van der Waals surface area contributed by atoms with Crippen LogP contribution in [0.2, 0.25) is 5.02 Å². The number of rotatable bonds is 7. The van der Waals surface area contributed by atoms with Crippen LogP contribution in [0.1, 0.15) is 32.3 Å². The van der Waals surface area contributed by atoms with Crippen molar-refractivity contribution in [1.82, 2.24) is 15.5 Å². The van der Waals surface area contributed by atoms with E-state index in [9.17, 15) is 0 Å². The van der Waals surface area contributed by atoms with E-state index in [1.165, 1.54) is 31.5 Å². The van der Waals surface area contributed by atoms with E-state index in [2.05, 4.69) is 35.4 Å². The van der Waals surface area contributed by atoms with Crippen molar-refractivity contribution in [3.63, 3.8) is 0 Å². The molecule has 6 heteroatoms. The summed E-state index contributed by atoms with van der Waals surface area (Å²) >= 11 is 6.21. The van der Waals surface area contributed by atoms with Gasteiger partial charge in [0.15, 0.2) is 5.96 Å². The lowest BCUT2D eigenvalue weighted by Crippen LogP contribution is -2.40. The predicted octanol–water partition coefficient (Wildman–Crippen LogP) is 3.79. The lowest BCUT2D eigenvalue weighted by Gasteiger charge is -2.31. The lowest BCUT2D eigenvalue weighted by molar-refractivity contribution is 0.186. The Kier molecular flexibility index (Phi) is 11.5. The summed E-state index contributed by atoms with van der Waals surface area (Å²) in [5.41, 5.74) is 1.17. The smallest absolute Gasteiger partial charge is 0.191 e. The fourth-order valence-electron chi connectivity index (χ4n) is 3.17. The molecular formula is C19H32ClIN4. The second-order valence-corrected chi connectivity index (χ2v) is 6.80. The maximum absolute atomic E-state index is 6.21. The summed E-state index contributed by atoms with van der Waals surface area (Å²) in [6, 6.07) is 8.02. The van der Waals surface area contributed by atoms with Gasteiger partial charge in [0.25, 0.3) is 0 Å². The maximum atomic E-state index is 6.21. The zero-order chi connectivity index (χ0) is 17.2. The van der Waals surface area contributed by atoms with Gasteiger partial charge < -0.3 is 15.5 Å². The number of likely N-dealkylation sites (tertiary alicyclic amines) is 1. The lowest BCUT2D eigenvalue weighted by atomic mass is 9.98. The van der Waals surface area contributed by atoms with Crippen LogP contribution in [0.5, 0.6) is 0 Å². The number of hydrogen-bond acceptors (Lipinski definition) is 2. The summed E-state index contributed by atoms with van der Waals surface area (Å²) < 4.78 is 0. The van der Waals surface area contributed by atoms with Gasteiger partial charge in [0, 0.05) is 31.2 Å². The quantitative estimate of drug-likeness (QED) is 0.356. The zero-order valence-electron chi connectivity index (χ0n) is 15.4. The molecule has 4 nitrogen and oxygen atoms in total. The number of piperidine rings is 1. The van der Waals surface area contributed by atoms with Crippen LogP contribution in [0, 0.1) is 5.92 Å². The number of halogens is 2. The van der Waals surface area contributed by atoms with E-state index < -0.39 is 0 Å². The van der Waals surface area contributed by atoms with Crippen molar-refractivity contribution < 1.29 is 0 Å². The number of benzene rings is 1. The van der Waals surface area contributed by atoms with E-state index >= 15 is 0 Å². The van der Waals surface area contributed by atoms with Crippen LogP contribution in [0.4, 0.5) is 0 Å². The Hall–Kier alpha value is -0.530. The van der Waals surface area contributed by atoms with E-state index in [0.29, 0.717) is 5.92 Å². The third-order valence-corrected chi connectivity index (χ3v) is 4.92. The first-order valence-electron chi connectivity index (χ1n) is 9.20. The Morgan fingerprint density at radius 2 is 2.08 bits per heavy atom. The monoisotopic (exact) mass is 478 g/mol. The van der Waals surface area contributed by atoms with Gasteiger partial charge in [0.05, 0.1) is 0 Å². The van der Waals surface area contributed by atoms with Crippen molar-refractivity contribution in [3.8, 4) is 0 Å². The fourth-order valence-corrected chi connectivity index (χ4v) is 3.40. The molecule has 1 aromatic carbocycles. The van der Waals surface area contributed by atoms with Gasteiger partial charge in [-0.1, -0.05) is 36.7 Å². The minimum Gasteiger partial charge on any atom is -0.357 e. The van der Waals surface area contributed by atoms with E-state index in [4.69, 9.17) is 16.6 Å². The highest BCUT2D eigenvalue weighted by Crippen LogP contribution is 2.16. The van der Waals surface area contributed by atoms with Gasteiger partial charge in [-0.3, -0.25) is 4.99 Å². The maximum Gasteiger partial charge on any atom is 0.191 e. The third-order valence-electron chi connectivity index (χ3n) is 4.55. The molecule has 1 atom stereocenters. The summed E-state index contributed by atoms with van der Waals surface area (Å²) in [5, 5.41) is 7.60. The predicted molar refractivity (Wildman–Crippen MR) is 119 cm³/mol. The van der Waals surface area contributed by atoms with Crippen LogP contribution in [-0.2, 0) is 6.42 Å². The Morgan fingerprint density at radius 1 is 1.28 bits per heavy atom. The Bertz CT molecular complexity index is 524. The summed E-state index contributed by atoms with van der Waals surface area (Å²) in [6.45, 7) is 10.5. The van der Waals surface area contributed by atoms with Crippen molar-refractivity contribution in [2.75, 3.05) is 39.3 Å². The van der Waals surface area contributed by atoms with Crippen molar-refractivity contribution in [2.24, 2.45) is 10.9 Å². The number of aliphatic imine (C=N–C) groups is 1. The first-order valence-corrected chi connectivity index (χ1v) is 9.58.